The number of hydrogen-bond acceptors (Lipinski definition) is 5. The number of carboxylic acid groups (broad SMARTS) is 1. The number of carbonyl (C=O) groups is 1. The lowest BCUT2D eigenvalue weighted by Crippen LogP contribution is -2.38. The molecule has 2 aliphatic heterocycles. The fourth-order valence-electron chi connectivity index (χ4n) is 3.44. The third-order valence-electron chi connectivity index (χ3n) is 4.81. The molecule has 0 spiro atoms. The number of aliphatic carboxylic acids is 1. The maximum Gasteiger partial charge on any atom is 0.303 e. The normalized spacial score (nSPS) is 19.5. The molecule has 0 amide bonds. The second kappa shape index (κ2) is 9.08. The summed E-state index contributed by atoms with van der Waals surface area (Å²) in [6.45, 7) is 0.931. The first-order chi connectivity index (χ1) is 12.7. The highest BCUT2D eigenvalue weighted by atomic mass is 35.5. The fourth-order valence-corrected chi connectivity index (χ4v) is 5.39. The van der Waals surface area contributed by atoms with Crippen LogP contribution in [0.25, 0.3) is 0 Å². The van der Waals surface area contributed by atoms with E-state index >= 15 is 0 Å². The third kappa shape index (κ3) is 4.83. The van der Waals surface area contributed by atoms with Crippen molar-refractivity contribution in [1.29, 1.82) is 0 Å². The van der Waals surface area contributed by atoms with Crippen LogP contribution in [-0.2, 0) is 24.2 Å². The molecule has 1 atom stereocenters. The second-order valence-corrected chi connectivity index (χ2v) is 8.51. The summed E-state index contributed by atoms with van der Waals surface area (Å²) in [5.41, 5.74) is 3.88. The van der Waals surface area contributed by atoms with E-state index < -0.39 is 5.97 Å². The zero-order valence-corrected chi connectivity index (χ0v) is 17.3. The molecule has 3 heterocycles. The lowest BCUT2D eigenvalue weighted by molar-refractivity contribution is -0.137. The summed E-state index contributed by atoms with van der Waals surface area (Å²) in [4.78, 5) is 22.4. The summed E-state index contributed by atoms with van der Waals surface area (Å²) in [6, 6.07) is 9.22. The Hall–Kier alpha value is -1.57. The molecule has 1 saturated heterocycles. The monoisotopic (exact) mass is 423 g/mol. The number of unbranched alkanes of at least 4 members (excludes halogenated alkanes) is 1. The predicted octanol–water partition coefficient (Wildman–Crippen LogP) is 4.52. The lowest BCUT2D eigenvalue weighted by atomic mass is 9.95. The Morgan fingerprint density at radius 2 is 2.11 bits per heavy atom. The molecule has 0 unspecified atom stereocenters. The highest BCUT2D eigenvalue weighted by molar-refractivity contribution is 8.14. The van der Waals surface area contributed by atoms with Gasteiger partial charge in [0.2, 0.25) is 5.13 Å². The lowest BCUT2D eigenvalue weighted by Gasteiger charge is -2.32. The molecule has 1 fully saturated rings. The number of benzene rings is 1. The van der Waals surface area contributed by atoms with E-state index in [9.17, 15) is 4.79 Å². The average molecular weight is 424 g/mol. The molecule has 0 radical (unpaired) electrons. The number of hydrogen-bond donors (Lipinski definition) is 1. The maximum atomic E-state index is 10.6. The van der Waals surface area contributed by atoms with E-state index in [1.807, 2.05) is 17.1 Å². The van der Waals surface area contributed by atoms with Crippen LogP contribution in [0.15, 0.2) is 34.6 Å². The molecule has 5 nitrogen and oxygen atoms in total. The van der Waals surface area contributed by atoms with Crippen molar-refractivity contribution in [2.24, 2.45) is 4.99 Å². The van der Waals surface area contributed by atoms with E-state index in [0.29, 0.717) is 12.5 Å². The first-order valence-corrected chi connectivity index (χ1v) is 10.8. The summed E-state index contributed by atoms with van der Waals surface area (Å²) in [5, 5.41) is 12.6. The summed E-state index contributed by atoms with van der Waals surface area (Å²) in [5.74, 6) is 0.354. The van der Waals surface area contributed by atoms with E-state index in [2.05, 4.69) is 34.1 Å². The van der Waals surface area contributed by atoms with Gasteiger partial charge in [-0.2, -0.15) is 4.99 Å². The van der Waals surface area contributed by atoms with Crippen LogP contribution in [0.1, 0.15) is 36.1 Å². The van der Waals surface area contributed by atoms with Gasteiger partial charge in [0.1, 0.15) is 0 Å². The Morgan fingerprint density at radius 1 is 1.30 bits per heavy atom. The van der Waals surface area contributed by atoms with Gasteiger partial charge in [-0.25, -0.2) is 4.98 Å². The molecule has 0 bridgehead atoms. The molecule has 0 saturated carbocycles. The van der Waals surface area contributed by atoms with Crippen molar-refractivity contribution in [2.45, 2.75) is 44.7 Å². The molecule has 2 aromatic rings. The van der Waals surface area contributed by atoms with Crippen LogP contribution in [-0.4, -0.2) is 37.9 Å². The van der Waals surface area contributed by atoms with Crippen LogP contribution in [0.2, 0.25) is 0 Å². The number of nitrogens with zero attached hydrogens (tertiary/aromatic N) is 3. The van der Waals surface area contributed by atoms with Gasteiger partial charge < -0.3 is 10.0 Å². The predicted molar refractivity (Wildman–Crippen MR) is 114 cm³/mol. The topological polar surface area (TPSA) is 65.8 Å². The number of fused-ring (bicyclic) bond motifs is 2. The molecule has 8 heteroatoms. The van der Waals surface area contributed by atoms with Gasteiger partial charge >= 0.3 is 5.97 Å². The van der Waals surface area contributed by atoms with E-state index in [0.717, 1.165) is 47.6 Å². The second-order valence-electron chi connectivity index (χ2n) is 6.68. The molecule has 4 rings (SSSR count). The van der Waals surface area contributed by atoms with E-state index in [-0.39, 0.29) is 18.8 Å². The van der Waals surface area contributed by atoms with Gasteiger partial charge in [-0.05, 0) is 36.8 Å². The summed E-state index contributed by atoms with van der Waals surface area (Å²) in [7, 11) is 0. The van der Waals surface area contributed by atoms with Crippen molar-refractivity contribution in [3.63, 3.8) is 0 Å². The molecule has 27 heavy (non-hydrogen) atoms. The van der Waals surface area contributed by atoms with Crippen LogP contribution >= 0.6 is 35.5 Å². The van der Waals surface area contributed by atoms with Crippen molar-refractivity contribution >= 4 is 51.8 Å². The van der Waals surface area contributed by atoms with Crippen molar-refractivity contribution in [1.82, 2.24) is 9.88 Å². The van der Waals surface area contributed by atoms with Crippen LogP contribution in [0.3, 0.4) is 0 Å². The molecule has 144 valence electrons. The van der Waals surface area contributed by atoms with Gasteiger partial charge in [0.05, 0.1) is 5.69 Å². The molecule has 1 aromatic carbocycles. The number of aryl methyl sites for hydroxylation is 1. The van der Waals surface area contributed by atoms with Gasteiger partial charge in [0.15, 0.2) is 5.17 Å². The first kappa shape index (κ1) is 20.2. The van der Waals surface area contributed by atoms with Gasteiger partial charge in [-0.3, -0.25) is 4.79 Å². The number of rotatable bonds is 6. The van der Waals surface area contributed by atoms with Gasteiger partial charge in [0, 0.05) is 30.1 Å². The Balaban J connectivity index is 0.00000210. The standard InChI is InChI=1S/C19H21N3O2S2.ClH/c23-17(24)8-4-3-7-15-11-25-18(20-15)21-19-22-10-14-6-2-1-5-13(14)9-16(22)12-26-19;/h1-2,5-6,11,16H,3-4,7-10,12H2,(H,23,24);1H/b21-19-;/t16-;/m0./s1. The fraction of sp³-hybridized carbons (Fsp3) is 0.421. The Kier molecular flexibility index (Phi) is 6.78. The number of thioether (sulfide) groups is 1. The van der Waals surface area contributed by atoms with Gasteiger partial charge in [-0.1, -0.05) is 36.0 Å². The number of amidine groups is 1. The van der Waals surface area contributed by atoms with Crippen molar-refractivity contribution in [3.8, 4) is 0 Å². The van der Waals surface area contributed by atoms with Crippen LogP contribution in [0, 0.1) is 0 Å². The summed E-state index contributed by atoms with van der Waals surface area (Å²) >= 11 is 3.40. The first-order valence-electron chi connectivity index (χ1n) is 8.90. The highest BCUT2D eigenvalue weighted by Crippen LogP contribution is 2.35. The van der Waals surface area contributed by atoms with E-state index in [1.165, 1.54) is 11.1 Å². The molecule has 1 aromatic heterocycles. The Labute approximate surface area is 173 Å². The molecule has 0 aliphatic carbocycles. The molecule has 1 N–H and O–H groups in total. The van der Waals surface area contributed by atoms with Gasteiger partial charge in [0.25, 0.3) is 0 Å². The number of aromatic nitrogens is 1. The summed E-state index contributed by atoms with van der Waals surface area (Å²) in [6.07, 6.45) is 3.69. The highest BCUT2D eigenvalue weighted by Gasteiger charge is 2.34. The van der Waals surface area contributed by atoms with Crippen molar-refractivity contribution in [3.05, 3.63) is 46.5 Å². The Bertz CT molecular complexity index is 840. The molecule has 2 aliphatic rings. The SMILES string of the molecule is Cl.O=C(O)CCCCc1csc(/N=C2\SC[C@@H]3Cc4ccccc4CN23)n1. The number of halogens is 1. The number of carboxylic acids is 1. The average Bonchev–Trinajstić information content (AvgIpc) is 3.24. The number of thiazole rings is 1. The van der Waals surface area contributed by atoms with Crippen molar-refractivity contribution in [2.75, 3.05) is 5.75 Å². The quantitative estimate of drug-likeness (QED) is 0.691. The van der Waals surface area contributed by atoms with Crippen molar-refractivity contribution < 1.29 is 9.90 Å². The number of aliphatic imine (C=N–C) groups is 1. The largest absolute Gasteiger partial charge is 0.481 e. The van der Waals surface area contributed by atoms with E-state index in [1.54, 1.807) is 11.3 Å². The third-order valence-corrected chi connectivity index (χ3v) is 6.73. The zero-order valence-electron chi connectivity index (χ0n) is 14.8. The smallest absolute Gasteiger partial charge is 0.303 e. The minimum atomic E-state index is -0.730. The maximum absolute atomic E-state index is 10.6. The zero-order chi connectivity index (χ0) is 17.9. The van der Waals surface area contributed by atoms with Crippen LogP contribution in [0.5, 0.6) is 0 Å². The van der Waals surface area contributed by atoms with E-state index in [4.69, 9.17) is 10.1 Å². The minimum Gasteiger partial charge on any atom is -0.481 e. The van der Waals surface area contributed by atoms with Crippen LogP contribution < -0.4 is 0 Å². The summed E-state index contributed by atoms with van der Waals surface area (Å²) < 4.78 is 0. The Morgan fingerprint density at radius 3 is 2.93 bits per heavy atom. The van der Waals surface area contributed by atoms with Crippen LogP contribution in [0.4, 0.5) is 5.13 Å². The molecular weight excluding hydrogens is 402 g/mol. The van der Waals surface area contributed by atoms with Gasteiger partial charge in [-0.15, -0.1) is 23.7 Å². The molecular formula is C19H22ClN3O2S2. The minimum absolute atomic E-state index is 0.